The first-order chi connectivity index (χ1) is 11.9. The van der Waals surface area contributed by atoms with E-state index in [1.54, 1.807) is 27.9 Å². The molecular formula is C20H31NO5. The van der Waals surface area contributed by atoms with Gasteiger partial charge in [-0.1, -0.05) is 12.1 Å². The summed E-state index contributed by atoms with van der Waals surface area (Å²) in [5, 5.41) is 2.96. The standard InChI is InChI=1S/C20H31NO5/c1-19(2,3)25-17(22)13-21-16(18(23)26-20(4,5)6)12-14-8-10-15(24-7)11-9-14/h8-11,16,21H,12-13H2,1-7H3/t16-/m0/s1. The van der Waals surface area contributed by atoms with Gasteiger partial charge in [-0.2, -0.15) is 0 Å². The number of rotatable bonds is 7. The summed E-state index contributed by atoms with van der Waals surface area (Å²) in [6, 6.07) is 6.76. The number of carbonyl (C=O) groups excluding carboxylic acids is 2. The zero-order chi connectivity index (χ0) is 20.0. The molecule has 146 valence electrons. The first-order valence-electron chi connectivity index (χ1n) is 8.70. The van der Waals surface area contributed by atoms with Crippen LogP contribution in [-0.4, -0.2) is 42.8 Å². The molecule has 6 nitrogen and oxygen atoms in total. The molecule has 6 heteroatoms. The molecule has 1 atom stereocenters. The van der Waals surface area contributed by atoms with Crippen LogP contribution in [0.25, 0.3) is 0 Å². The van der Waals surface area contributed by atoms with Crippen LogP contribution < -0.4 is 10.1 Å². The van der Waals surface area contributed by atoms with E-state index in [1.165, 1.54) is 0 Å². The predicted molar refractivity (Wildman–Crippen MR) is 100 cm³/mol. The van der Waals surface area contributed by atoms with E-state index in [0.29, 0.717) is 6.42 Å². The van der Waals surface area contributed by atoms with Gasteiger partial charge in [-0.3, -0.25) is 14.9 Å². The quantitative estimate of drug-likeness (QED) is 0.749. The Morgan fingerprint density at radius 1 is 0.962 bits per heavy atom. The van der Waals surface area contributed by atoms with E-state index >= 15 is 0 Å². The Kier molecular flexibility index (Phi) is 7.63. The summed E-state index contributed by atoms with van der Waals surface area (Å²) in [5.74, 6) is -0.0815. The van der Waals surface area contributed by atoms with E-state index in [-0.39, 0.29) is 6.54 Å². The van der Waals surface area contributed by atoms with Crippen molar-refractivity contribution >= 4 is 11.9 Å². The Bertz CT molecular complexity index is 596. The fourth-order valence-corrected chi connectivity index (χ4v) is 2.19. The molecule has 0 aliphatic heterocycles. The van der Waals surface area contributed by atoms with Gasteiger partial charge in [-0.25, -0.2) is 0 Å². The third kappa shape index (κ3) is 8.85. The molecule has 0 saturated heterocycles. The van der Waals surface area contributed by atoms with Gasteiger partial charge in [0, 0.05) is 0 Å². The van der Waals surface area contributed by atoms with Crippen LogP contribution in [0.1, 0.15) is 47.1 Å². The first-order valence-corrected chi connectivity index (χ1v) is 8.70. The molecule has 0 aliphatic carbocycles. The van der Waals surface area contributed by atoms with Crippen molar-refractivity contribution in [3.05, 3.63) is 29.8 Å². The highest BCUT2D eigenvalue weighted by Gasteiger charge is 2.26. The molecule has 0 spiro atoms. The van der Waals surface area contributed by atoms with Crippen LogP contribution in [0.15, 0.2) is 24.3 Å². The van der Waals surface area contributed by atoms with Crippen LogP contribution in [-0.2, 0) is 25.5 Å². The van der Waals surface area contributed by atoms with Crippen LogP contribution in [0, 0.1) is 0 Å². The molecular weight excluding hydrogens is 334 g/mol. The van der Waals surface area contributed by atoms with Gasteiger partial charge in [0.15, 0.2) is 0 Å². The normalized spacial score (nSPS) is 13.0. The zero-order valence-corrected chi connectivity index (χ0v) is 16.8. The lowest BCUT2D eigenvalue weighted by Gasteiger charge is -2.25. The average molecular weight is 365 g/mol. The van der Waals surface area contributed by atoms with Gasteiger partial charge in [0.05, 0.1) is 13.7 Å². The minimum Gasteiger partial charge on any atom is -0.497 e. The number of carbonyl (C=O) groups is 2. The Hall–Kier alpha value is -2.08. The van der Waals surface area contributed by atoms with Gasteiger partial charge < -0.3 is 14.2 Å². The molecule has 0 aliphatic rings. The van der Waals surface area contributed by atoms with Gasteiger partial charge in [0.25, 0.3) is 0 Å². The van der Waals surface area contributed by atoms with Crippen LogP contribution in [0.4, 0.5) is 0 Å². The molecule has 1 N–H and O–H groups in total. The lowest BCUT2D eigenvalue weighted by atomic mass is 10.1. The summed E-state index contributed by atoms with van der Waals surface area (Å²) in [6.45, 7) is 10.8. The van der Waals surface area contributed by atoms with Crippen molar-refractivity contribution in [2.75, 3.05) is 13.7 Å². The highest BCUT2D eigenvalue weighted by Crippen LogP contribution is 2.15. The second-order valence-corrected chi connectivity index (χ2v) is 8.11. The Morgan fingerprint density at radius 3 is 1.96 bits per heavy atom. The molecule has 0 amide bonds. The molecule has 1 rings (SSSR count). The molecule has 26 heavy (non-hydrogen) atoms. The predicted octanol–water partition coefficient (Wildman–Crippen LogP) is 2.88. The fourth-order valence-electron chi connectivity index (χ4n) is 2.19. The molecule has 0 fully saturated rings. The van der Waals surface area contributed by atoms with E-state index in [4.69, 9.17) is 14.2 Å². The van der Waals surface area contributed by atoms with Crippen LogP contribution in [0.3, 0.4) is 0 Å². The Balaban J connectivity index is 2.80. The molecule has 0 unspecified atom stereocenters. The third-order valence-corrected chi connectivity index (χ3v) is 3.20. The van der Waals surface area contributed by atoms with Crippen molar-refractivity contribution in [1.29, 1.82) is 0 Å². The first kappa shape index (κ1) is 22.0. The zero-order valence-electron chi connectivity index (χ0n) is 16.8. The fraction of sp³-hybridized carbons (Fsp3) is 0.600. The number of hydrogen-bond acceptors (Lipinski definition) is 6. The monoisotopic (exact) mass is 365 g/mol. The minimum absolute atomic E-state index is 0.0721. The number of esters is 2. The topological polar surface area (TPSA) is 73.9 Å². The number of hydrogen-bond donors (Lipinski definition) is 1. The van der Waals surface area contributed by atoms with Crippen molar-refractivity contribution in [2.45, 2.75) is 65.2 Å². The maximum Gasteiger partial charge on any atom is 0.324 e. The van der Waals surface area contributed by atoms with Crippen molar-refractivity contribution < 1.29 is 23.8 Å². The SMILES string of the molecule is COc1ccc(C[C@H](NCC(=O)OC(C)(C)C)C(=O)OC(C)(C)C)cc1. The summed E-state index contributed by atoms with van der Waals surface area (Å²) in [7, 11) is 1.60. The molecule has 0 heterocycles. The highest BCUT2D eigenvalue weighted by atomic mass is 16.6. The van der Waals surface area contributed by atoms with Crippen molar-refractivity contribution in [3.63, 3.8) is 0 Å². The second kappa shape index (κ2) is 9.03. The summed E-state index contributed by atoms with van der Waals surface area (Å²) in [4.78, 5) is 24.5. The van der Waals surface area contributed by atoms with Gasteiger partial charge in [0.2, 0.25) is 0 Å². The van der Waals surface area contributed by atoms with Crippen LogP contribution >= 0.6 is 0 Å². The number of nitrogens with one attached hydrogen (secondary N) is 1. The molecule has 0 radical (unpaired) electrons. The van der Waals surface area contributed by atoms with Crippen molar-refractivity contribution in [2.24, 2.45) is 0 Å². The Morgan fingerprint density at radius 2 is 1.50 bits per heavy atom. The maximum atomic E-state index is 12.5. The number of benzene rings is 1. The minimum atomic E-state index is -0.657. The van der Waals surface area contributed by atoms with Crippen molar-refractivity contribution in [3.8, 4) is 5.75 Å². The number of methoxy groups -OCH3 is 1. The van der Waals surface area contributed by atoms with E-state index in [0.717, 1.165) is 11.3 Å². The van der Waals surface area contributed by atoms with E-state index in [9.17, 15) is 9.59 Å². The second-order valence-electron chi connectivity index (χ2n) is 8.11. The van der Waals surface area contributed by atoms with Gasteiger partial charge in [-0.05, 0) is 65.7 Å². The molecule has 1 aromatic rings. The van der Waals surface area contributed by atoms with E-state index in [2.05, 4.69) is 5.32 Å². The van der Waals surface area contributed by atoms with Crippen molar-refractivity contribution in [1.82, 2.24) is 5.32 Å². The number of ether oxygens (including phenoxy) is 3. The van der Waals surface area contributed by atoms with Gasteiger partial charge in [0.1, 0.15) is 23.0 Å². The summed E-state index contributed by atoms with van der Waals surface area (Å²) < 4.78 is 15.9. The summed E-state index contributed by atoms with van der Waals surface area (Å²) >= 11 is 0. The summed E-state index contributed by atoms with van der Waals surface area (Å²) in [5.41, 5.74) is -0.253. The van der Waals surface area contributed by atoms with E-state index < -0.39 is 29.2 Å². The van der Waals surface area contributed by atoms with Gasteiger partial charge in [-0.15, -0.1) is 0 Å². The lowest BCUT2D eigenvalue weighted by Crippen LogP contribution is -2.45. The maximum absolute atomic E-state index is 12.5. The lowest BCUT2D eigenvalue weighted by molar-refractivity contribution is -0.158. The third-order valence-electron chi connectivity index (χ3n) is 3.20. The Labute approximate surface area is 156 Å². The smallest absolute Gasteiger partial charge is 0.324 e. The highest BCUT2D eigenvalue weighted by molar-refractivity contribution is 5.78. The van der Waals surface area contributed by atoms with Crippen LogP contribution in [0.2, 0.25) is 0 Å². The summed E-state index contributed by atoms with van der Waals surface area (Å²) in [6.07, 6.45) is 0.391. The molecule has 1 aromatic carbocycles. The molecule has 0 saturated carbocycles. The van der Waals surface area contributed by atoms with Crippen LogP contribution in [0.5, 0.6) is 5.75 Å². The largest absolute Gasteiger partial charge is 0.497 e. The molecule has 0 bridgehead atoms. The van der Waals surface area contributed by atoms with Gasteiger partial charge >= 0.3 is 11.9 Å². The van der Waals surface area contributed by atoms with E-state index in [1.807, 2.05) is 45.0 Å². The molecule has 0 aromatic heterocycles. The average Bonchev–Trinajstić information content (AvgIpc) is 2.48.